The highest BCUT2D eigenvalue weighted by Gasteiger charge is 2.42. The fourth-order valence-electron chi connectivity index (χ4n) is 2.20. The van der Waals surface area contributed by atoms with Gasteiger partial charge in [-0.1, -0.05) is 6.92 Å². The van der Waals surface area contributed by atoms with Gasteiger partial charge in [0.25, 0.3) is 6.43 Å². The second kappa shape index (κ2) is 3.19. The first kappa shape index (κ1) is 9.38. The van der Waals surface area contributed by atoms with Crippen LogP contribution in [0, 0.1) is 5.41 Å². The van der Waals surface area contributed by atoms with Crippen LogP contribution in [-0.2, 0) is 0 Å². The second-order valence-electron chi connectivity index (χ2n) is 4.83. The van der Waals surface area contributed by atoms with Gasteiger partial charge in [-0.2, -0.15) is 0 Å². The molecular formula is C10H17F2N. The molecule has 1 aliphatic heterocycles. The normalized spacial score (nSPS) is 32.8. The van der Waals surface area contributed by atoms with E-state index in [0.29, 0.717) is 11.8 Å². The lowest BCUT2D eigenvalue weighted by Crippen LogP contribution is -2.38. The molecule has 0 aromatic rings. The number of likely N-dealkylation sites (tertiary alicyclic amines) is 1. The fraction of sp³-hybridized carbons (Fsp3) is 1.00. The second-order valence-corrected chi connectivity index (χ2v) is 4.83. The molecule has 1 saturated heterocycles. The van der Waals surface area contributed by atoms with Gasteiger partial charge < -0.3 is 0 Å². The average Bonchev–Trinajstić information content (AvgIpc) is 2.63. The van der Waals surface area contributed by atoms with E-state index in [2.05, 4.69) is 6.92 Å². The average molecular weight is 189 g/mol. The molecule has 0 aromatic heterocycles. The summed E-state index contributed by atoms with van der Waals surface area (Å²) in [4.78, 5) is 2.00. The van der Waals surface area contributed by atoms with Gasteiger partial charge >= 0.3 is 0 Å². The van der Waals surface area contributed by atoms with Crippen molar-refractivity contribution in [2.75, 3.05) is 13.1 Å². The molecule has 1 saturated carbocycles. The van der Waals surface area contributed by atoms with Crippen molar-refractivity contribution >= 4 is 0 Å². The summed E-state index contributed by atoms with van der Waals surface area (Å²) in [6.45, 7) is 3.97. The molecule has 0 radical (unpaired) electrons. The first-order valence-electron chi connectivity index (χ1n) is 5.13. The summed E-state index contributed by atoms with van der Waals surface area (Å²) in [5.41, 5.74) is 0.373. The van der Waals surface area contributed by atoms with Gasteiger partial charge in [-0.3, -0.25) is 4.90 Å². The van der Waals surface area contributed by atoms with Crippen LogP contribution in [0.1, 0.15) is 32.6 Å². The predicted molar refractivity (Wildman–Crippen MR) is 47.9 cm³/mol. The summed E-state index contributed by atoms with van der Waals surface area (Å²) in [7, 11) is 0. The molecule has 13 heavy (non-hydrogen) atoms. The summed E-state index contributed by atoms with van der Waals surface area (Å²) in [5, 5.41) is 0. The van der Waals surface area contributed by atoms with Gasteiger partial charge in [-0.15, -0.1) is 0 Å². The fourth-order valence-corrected chi connectivity index (χ4v) is 2.20. The van der Waals surface area contributed by atoms with E-state index >= 15 is 0 Å². The Hall–Kier alpha value is -0.180. The lowest BCUT2D eigenvalue weighted by atomic mass is 10.1. The molecule has 1 aliphatic carbocycles. The molecule has 1 nitrogen and oxygen atoms in total. The molecule has 0 aromatic carbocycles. The van der Waals surface area contributed by atoms with E-state index in [1.165, 1.54) is 12.8 Å². The highest BCUT2D eigenvalue weighted by Crippen LogP contribution is 2.46. The molecule has 0 unspecified atom stereocenters. The van der Waals surface area contributed by atoms with Gasteiger partial charge in [-0.25, -0.2) is 8.78 Å². The summed E-state index contributed by atoms with van der Waals surface area (Å²) < 4.78 is 25.1. The summed E-state index contributed by atoms with van der Waals surface area (Å²) in [6, 6.07) is -0.447. The lowest BCUT2D eigenvalue weighted by Gasteiger charge is -2.26. The molecule has 0 spiro atoms. The maximum Gasteiger partial charge on any atom is 0.253 e. The van der Waals surface area contributed by atoms with Crippen LogP contribution in [0.25, 0.3) is 0 Å². The van der Waals surface area contributed by atoms with E-state index in [1.807, 2.05) is 4.90 Å². The van der Waals surface area contributed by atoms with Crippen LogP contribution in [-0.4, -0.2) is 30.5 Å². The van der Waals surface area contributed by atoms with Crippen molar-refractivity contribution in [3.63, 3.8) is 0 Å². The van der Waals surface area contributed by atoms with Crippen molar-refractivity contribution in [2.45, 2.75) is 45.1 Å². The number of nitrogens with zero attached hydrogens (tertiary/aromatic N) is 1. The zero-order valence-corrected chi connectivity index (χ0v) is 8.10. The molecule has 0 bridgehead atoms. The van der Waals surface area contributed by atoms with Crippen LogP contribution < -0.4 is 0 Å². The number of rotatable bonds is 3. The molecule has 1 heterocycles. The minimum Gasteiger partial charge on any atom is -0.294 e. The first-order chi connectivity index (χ1) is 6.11. The summed E-state index contributed by atoms with van der Waals surface area (Å²) >= 11 is 0. The largest absolute Gasteiger partial charge is 0.294 e. The van der Waals surface area contributed by atoms with Gasteiger partial charge in [-0.05, 0) is 37.6 Å². The molecule has 0 amide bonds. The molecule has 2 aliphatic rings. The van der Waals surface area contributed by atoms with Gasteiger partial charge in [0, 0.05) is 6.54 Å². The first-order valence-corrected chi connectivity index (χ1v) is 5.13. The Balaban J connectivity index is 1.90. The van der Waals surface area contributed by atoms with Crippen molar-refractivity contribution in [1.82, 2.24) is 4.90 Å². The van der Waals surface area contributed by atoms with E-state index < -0.39 is 12.5 Å². The maximum absolute atomic E-state index is 12.5. The quantitative estimate of drug-likeness (QED) is 0.659. The Morgan fingerprint density at radius 3 is 2.69 bits per heavy atom. The lowest BCUT2D eigenvalue weighted by molar-refractivity contribution is 0.0397. The van der Waals surface area contributed by atoms with Crippen molar-refractivity contribution < 1.29 is 8.78 Å². The SMILES string of the molecule is CC1(CN2CCC[C@@H]2C(F)F)CC1. The van der Waals surface area contributed by atoms with Crippen LogP contribution in [0.3, 0.4) is 0 Å². The minimum atomic E-state index is -2.15. The summed E-state index contributed by atoms with van der Waals surface area (Å²) in [5.74, 6) is 0. The van der Waals surface area contributed by atoms with E-state index in [0.717, 1.165) is 19.5 Å². The number of alkyl halides is 2. The van der Waals surface area contributed by atoms with Crippen LogP contribution in [0.5, 0.6) is 0 Å². The predicted octanol–water partition coefficient (Wildman–Crippen LogP) is 2.52. The van der Waals surface area contributed by atoms with Gasteiger partial charge in [0.05, 0.1) is 6.04 Å². The van der Waals surface area contributed by atoms with Crippen molar-refractivity contribution in [1.29, 1.82) is 0 Å². The number of halogens is 2. The Bertz CT molecular complexity index is 189. The zero-order chi connectivity index (χ0) is 9.47. The summed E-state index contributed by atoms with van der Waals surface area (Å²) in [6.07, 6.45) is 1.93. The number of hydrogen-bond acceptors (Lipinski definition) is 1. The molecule has 0 N–H and O–H groups in total. The van der Waals surface area contributed by atoms with Crippen molar-refractivity contribution in [3.8, 4) is 0 Å². The minimum absolute atomic E-state index is 0.373. The molecule has 2 fully saturated rings. The van der Waals surface area contributed by atoms with Crippen LogP contribution in [0.15, 0.2) is 0 Å². The third kappa shape index (κ3) is 2.01. The highest BCUT2D eigenvalue weighted by atomic mass is 19.3. The molecule has 1 atom stereocenters. The highest BCUT2D eigenvalue weighted by molar-refractivity contribution is 4.94. The van der Waals surface area contributed by atoms with Gasteiger partial charge in [0.15, 0.2) is 0 Å². The Labute approximate surface area is 78.1 Å². The standard InChI is InChI=1S/C10H17F2N/c1-10(4-5-10)7-13-6-2-3-8(13)9(11)12/h8-9H,2-7H2,1H3/t8-/m1/s1. The third-order valence-corrected chi connectivity index (χ3v) is 3.39. The van der Waals surface area contributed by atoms with E-state index in [4.69, 9.17) is 0 Å². The topological polar surface area (TPSA) is 3.24 Å². The Morgan fingerprint density at radius 1 is 1.46 bits per heavy atom. The zero-order valence-electron chi connectivity index (χ0n) is 8.10. The third-order valence-electron chi connectivity index (χ3n) is 3.39. The van der Waals surface area contributed by atoms with Gasteiger partial charge in [0.1, 0.15) is 0 Å². The monoisotopic (exact) mass is 189 g/mol. The van der Waals surface area contributed by atoms with E-state index in [9.17, 15) is 8.78 Å². The van der Waals surface area contributed by atoms with E-state index in [1.54, 1.807) is 0 Å². The van der Waals surface area contributed by atoms with Crippen molar-refractivity contribution in [3.05, 3.63) is 0 Å². The molecule has 76 valence electrons. The van der Waals surface area contributed by atoms with Gasteiger partial charge in [0.2, 0.25) is 0 Å². The number of hydrogen-bond donors (Lipinski definition) is 0. The Morgan fingerprint density at radius 2 is 2.15 bits per heavy atom. The van der Waals surface area contributed by atoms with Crippen LogP contribution in [0.4, 0.5) is 8.78 Å². The maximum atomic E-state index is 12.5. The van der Waals surface area contributed by atoms with Crippen LogP contribution >= 0.6 is 0 Å². The van der Waals surface area contributed by atoms with Crippen molar-refractivity contribution in [2.24, 2.45) is 5.41 Å². The molecule has 2 rings (SSSR count). The van der Waals surface area contributed by atoms with Crippen LogP contribution in [0.2, 0.25) is 0 Å². The van der Waals surface area contributed by atoms with E-state index in [-0.39, 0.29) is 0 Å². The smallest absolute Gasteiger partial charge is 0.253 e. The Kier molecular flexibility index (Phi) is 2.30. The molecular weight excluding hydrogens is 172 g/mol. The molecule has 3 heteroatoms.